The monoisotopic (exact) mass is 343 g/mol. The molecule has 0 radical (unpaired) electrons. The topological polar surface area (TPSA) is 33.0 Å². The summed E-state index contributed by atoms with van der Waals surface area (Å²) in [5.41, 5.74) is 1.34. The Hall–Kier alpha value is -2.05. The molecule has 2 aromatic carbocycles. The first-order valence-corrected chi connectivity index (χ1v) is 8.62. The van der Waals surface area contributed by atoms with E-state index in [0.717, 1.165) is 30.7 Å². The molecule has 24 heavy (non-hydrogen) atoms. The quantitative estimate of drug-likeness (QED) is 0.713. The van der Waals surface area contributed by atoms with Gasteiger partial charge in [0.05, 0.1) is 6.61 Å². The van der Waals surface area contributed by atoms with E-state index < -0.39 is 5.82 Å². The third kappa shape index (κ3) is 3.88. The zero-order valence-corrected chi connectivity index (χ0v) is 14.1. The highest BCUT2D eigenvalue weighted by Gasteiger charge is 2.23. The van der Waals surface area contributed by atoms with Gasteiger partial charge in [0.25, 0.3) is 0 Å². The molecule has 0 aromatic heterocycles. The largest absolute Gasteiger partial charge is 0.492 e. The third-order valence-electron chi connectivity index (χ3n) is 4.75. The maximum Gasteiger partial charge on any atom is 0.144 e. The predicted molar refractivity (Wildman–Crippen MR) is 92.8 cm³/mol. The number of rotatable bonds is 4. The number of hydrogen-bond acceptors (Lipinski definition) is 2. The van der Waals surface area contributed by atoms with Gasteiger partial charge in [-0.25, -0.2) is 4.39 Å². The summed E-state index contributed by atoms with van der Waals surface area (Å²) in [5.74, 6) is 0.837. The summed E-state index contributed by atoms with van der Waals surface area (Å²) in [4.78, 5) is 0. The van der Waals surface area contributed by atoms with E-state index in [1.165, 1.54) is 11.6 Å². The van der Waals surface area contributed by atoms with Crippen molar-refractivity contribution in [3.05, 3.63) is 64.4 Å². The summed E-state index contributed by atoms with van der Waals surface area (Å²) in [6.45, 7) is 0.533. The van der Waals surface area contributed by atoms with Gasteiger partial charge in [0, 0.05) is 5.02 Å². The lowest BCUT2D eigenvalue weighted by Crippen LogP contribution is -2.19. The molecule has 3 rings (SSSR count). The Morgan fingerprint density at radius 2 is 1.79 bits per heavy atom. The molecular formula is C20H19ClFNO. The van der Waals surface area contributed by atoms with E-state index in [9.17, 15) is 4.39 Å². The average Bonchev–Trinajstić information content (AvgIpc) is 2.61. The van der Waals surface area contributed by atoms with E-state index in [4.69, 9.17) is 21.6 Å². The van der Waals surface area contributed by atoms with Crippen LogP contribution >= 0.6 is 11.6 Å². The molecule has 1 saturated carbocycles. The zero-order valence-electron chi connectivity index (χ0n) is 13.3. The lowest BCUT2D eigenvalue weighted by atomic mass is 9.79. The van der Waals surface area contributed by atoms with Crippen molar-refractivity contribution in [2.75, 3.05) is 6.61 Å². The molecular weight excluding hydrogens is 325 g/mol. The van der Waals surface area contributed by atoms with Crippen LogP contribution in [0.2, 0.25) is 5.02 Å². The standard InChI is InChI=1S/C20H19ClFNO/c21-17-10-8-16(9-11-17)15-6-4-14(5-7-15)13-24-20-3-1-2-19(22)18(20)12-23/h1-3,8-11,14-15H,4-7,13H2. The minimum absolute atomic E-state index is 0.00708. The lowest BCUT2D eigenvalue weighted by Gasteiger charge is -2.28. The highest BCUT2D eigenvalue weighted by molar-refractivity contribution is 6.30. The van der Waals surface area contributed by atoms with Gasteiger partial charge in [0.1, 0.15) is 23.2 Å². The first-order valence-electron chi connectivity index (χ1n) is 8.24. The first kappa shape index (κ1) is 16.8. The van der Waals surface area contributed by atoms with Gasteiger partial charge >= 0.3 is 0 Å². The SMILES string of the molecule is N#Cc1c(F)cccc1OCC1CCC(c2ccc(Cl)cc2)CC1. The normalized spacial score (nSPS) is 20.4. The molecule has 0 N–H and O–H groups in total. The molecule has 0 aliphatic heterocycles. The van der Waals surface area contributed by atoms with Crippen LogP contribution < -0.4 is 4.74 Å². The Morgan fingerprint density at radius 1 is 1.08 bits per heavy atom. The van der Waals surface area contributed by atoms with Crippen LogP contribution in [0.4, 0.5) is 4.39 Å². The summed E-state index contributed by atoms with van der Waals surface area (Å²) in [6, 6.07) is 14.5. The summed E-state index contributed by atoms with van der Waals surface area (Å²) in [6.07, 6.45) is 4.38. The van der Waals surface area contributed by atoms with E-state index in [2.05, 4.69) is 12.1 Å². The Labute approximate surface area is 146 Å². The number of nitriles is 1. The zero-order chi connectivity index (χ0) is 16.9. The summed E-state index contributed by atoms with van der Waals surface area (Å²) < 4.78 is 19.3. The van der Waals surface area contributed by atoms with Crippen LogP contribution in [0.3, 0.4) is 0 Å². The Balaban J connectivity index is 1.54. The van der Waals surface area contributed by atoms with Crippen LogP contribution in [0.5, 0.6) is 5.75 Å². The Bertz CT molecular complexity index is 730. The molecule has 1 aliphatic rings. The smallest absolute Gasteiger partial charge is 0.144 e. The number of benzene rings is 2. The lowest BCUT2D eigenvalue weighted by molar-refractivity contribution is 0.199. The second-order valence-corrected chi connectivity index (χ2v) is 6.74. The van der Waals surface area contributed by atoms with E-state index in [0.29, 0.717) is 24.2 Å². The van der Waals surface area contributed by atoms with Gasteiger partial charge in [-0.1, -0.05) is 29.8 Å². The first-order chi connectivity index (χ1) is 11.7. The van der Waals surface area contributed by atoms with Crippen molar-refractivity contribution in [2.24, 2.45) is 5.92 Å². The van der Waals surface area contributed by atoms with Gasteiger partial charge < -0.3 is 4.74 Å². The molecule has 0 bridgehead atoms. The van der Waals surface area contributed by atoms with Crippen molar-refractivity contribution in [1.82, 2.24) is 0 Å². The number of hydrogen-bond donors (Lipinski definition) is 0. The minimum atomic E-state index is -0.526. The molecule has 0 atom stereocenters. The van der Waals surface area contributed by atoms with Crippen LogP contribution in [-0.4, -0.2) is 6.61 Å². The molecule has 0 spiro atoms. The highest BCUT2D eigenvalue weighted by atomic mass is 35.5. The summed E-state index contributed by atoms with van der Waals surface area (Å²) in [5, 5.41) is 9.80. The van der Waals surface area contributed by atoms with Crippen molar-refractivity contribution in [2.45, 2.75) is 31.6 Å². The van der Waals surface area contributed by atoms with Gasteiger partial charge in [-0.3, -0.25) is 0 Å². The molecule has 0 amide bonds. The minimum Gasteiger partial charge on any atom is -0.492 e. The fraction of sp³-hybridized carbons (Fsp3) is 0.350. The van der Waals surface area contributed by atoms with Crippen LogP contribution in [0, 0.1) is 23.1 Å². The molecule has 2 aromatic rings. The van der Waals surface area contributed by atoms with Crippen LogP contribution in [0.15, 0.2) is 42.5 Å². The van der Waals surface area contributed by atoms with Crippen molar-refractivity contribution >= 4 is 11.6 Å². The van der Waals surface area contributed by atoms with Gasteiger partial charge in [0.15, 0.2) is 0 Å². The van der Waals surface area contributed by atoms with Crippen molar-refractivity contribution in [3.8, 4) is 11.8 Å². The van der Waals surface area contributed by atoms with Crippen LogP contribution in [0.25, 0.3) is 0 Å². The van der Waals surface area contributed by atoms with E-state index in [1.807, 2.05) is 18.2 Å². The van der Waals surface area contributed by atoms with Gasteiger partial charge in [-0.05, 0) is 67.3 Å². The highest BCUT2D eigenvalue weighted by Crippen LogP contribution is 2.36. The van der Waals surface area contributed by atoms with E-state index in [-0.39, 0.29) is 5.56 Å². The molecule has 1 fully saturated rings. The molecule has 0 heterocycles. The summed E-state index contributed by atoms with van der Waals surface area (Å²) >= 11 is 5.94. The van der Waals surface area contributed by atoms with Gasteiger partial charge in [-0.15, -0.1) is 0 Å². The van der Waals surface area contributed by atoms with E-state index in [1.54, 1.807) is 12.1 Å². The molecule has 124 valence electrons. The number of halogens is 2. The molecule has 2 nitrogen and oxygen atoms in total. The van der Waals surface area contributed by atoms with Gasteiger partial charge in [-0.2, -0.15) is 5.26 Å². The average molecular weight is 344 g/mol. The van der Waals surface area contributed by atoms with Crippen molar-refractivity contribution < 1.29 is 9.13 Å². The Morgan fingerprint density at radius 3 is 2.46 bits per heavy atom. The summed E-state index contributed by atoms with van der Waals surface area (Å²) in [7, 11) is 0. The molecule has 0 saturated heterocycles. The maximum absolute atomic E-state index is 13.6. The molecule has 0 unspecified atom stereocenters. The Kier molecular flexibility index (Phi) is 5.37. The van der Waals surface area contributed by atoms with Crippen LogP contribution in [0.1, 0.15) is 42.7 Å². The maximum atomic E-state index is 13.6. The van der Waals surface area contributed by atoms with Gasteiger partial charge in [0.2, 0.25) is 0 Å². The second kappa shape index (κ2) is 7.68. The molecule has 4 heteroatoms. The fourth-order valence-corrected chi connectivity index (χ4v) is 3.46. The van der Waals surface area contributed by atoms with Crippen molar-refractivity contribution in [1.29, 1.82) is 5.26 Å². The van der Waals surface area contributed by atoms with Crippen molar-refractivity contribution in [3.63, 3.8) is 0 Å². The second-order valence-electron chi connectivity index (χ2n) is 6.30. The van der Waals surface area contributed by atoms with Crippen LogP contribution in [-0.2, 0) is 0 Å². The third-order valence-corrected chi connectivity index (χ3v) is 5.00. The number of ether oxygens (including phenoxy) is 1. The molecule has 1 aliphatic carbocycles. The van der Waals surface area contributed by atoms with E-state index >= 15 is 0 Å². The number of nitrogens with zero attached hydrogens (tertiary/aromatic N) is 1. The predicted octanol–water partition coefficient (Wildman–Crippen LogP) is 5.70. The fourth-order valence-electron chi connectivity index (χ4n) is 3.34.